The van der Waals surface area contributed by atoms with Gasteiger partial charge in [-0.1, -0.05) is 11.3 Å². The van der Waals surface area contributed by atoms with E-state index in [4.69, 9.17) is 28.9 Å². The molecule has 5 aliphatic rings. The average Bonchev–Trinajstić information content (AvgIpc) is 3.76. The van der Waals surface area contributed by atoms with Crippen LogP contribution in [0.4, 0.5) is 34.6 Å². The molecule has 3 aliphatic heterocycles. The second-order valence-electron chi connectivity index (χ2n) is 22.9. The highest BCUT2D eigenvalue weighted by molar-refractivity contribution is 9.11. The lowest BCUT2D eigenvalue weighted by atomic mass is 10.1. The van der Waals surface area contributed by atoms with Gasteiger partial charge in [-0.2, -0.15) is 0 Å². The molecule has 23 heteroatoms. The molecular formula is C50H80BrCl2N9O8S3. The van der Waals surface area contributed by atoms with Crippen molar-refractivity contribution in [3.63, 3.8) is 0 Å². The normalized spacial score (nSPS) is 19.8. The van der Waals surface area contributed by atoms with E-state index in [-0.39, 0.29) is 49.1 Å². The van der Waals surface area contributed by atoms with E-state index in [9.17, 15) is 19.2 Å². The first-order chi connectivity index (χ1) is 33.0. The lowest BCUT2D eigenvalue weighted by Gasteiger charge is -2.28. The molecule has 2 aliphatic carbocycles. The van der Waals surface area contributed by atoms with Crippen LogP contribution >= 0.6 is 74.8 Å². The zero-order chi connectivity index (χ0) is 52.4. The summed E-state index contributed by atoms with van der Waals surface area (Å²) in [4.78, 5) is 73.3. The Bertz CT molecular complexity index is 2340. The summed E-state index contributed by atoms with van der Waals surface area (Å²) in [5.41, 5.74) is 0.773. The molecule has 3 atom stereocenters. The highest BCUT2D eigenvalue weighted by atomic mass is 79.9. The molecule has 8 rings (SSSR count). The van der Waals surface area contributed by atoms with E-state index in [1.54, 1.807) is 40.1 Å². The molecule has 2 N–H and O–H groups in total. The Morgan fingerprint density at radius 2 is 1.01 bits per heavy atom. The van der Waals surface area contributed by atoms with E-state index in [2.05, 4.69) is 31.5 Å². The average molecular weight is 1180 g/mol. The fourth-order valence-electron chi connectivity index (χ4n) is 8.26. The molecular weight excluding hydrogens is 1100 g/mol. The first-order valence-electron chi connectivity index (χ1n) is 25.0. The molecule has 5 fully saturated rings. The van der Waals surface area contributed by atoms with Crippen LogP contribution in [0.5, 0.6) is 0 Å². The first kappa shape index (κ1) is 62.3. The third kappa shape index (κ3) is 17.7. The van der Waals surface area contributed by atoms with Gasteiger partial charge in [-0.3, -0.25) is 19.6 Å². The van der Waals surface area contributed by atoms with Gasteiger partial charge >= 0.3 is 24.4 Å². The van der Waals surface area contributed by atoms with Crippen molar-refractivity contribution in [2.75, 3.05) is 55.9 Å². The predicted octanol–water partition coefficient (Wildman–Crippen LogP) is 14.1. The summed E-state index contributed by atoms with van der Waals surface area (Å²) in [6, 6.07) is 0.252. The Balaban J connectivity index is 0.000000244. The second-order valence-corrected chi connectivity index (χ2v) is 27.2. The van der Waals surface area contributed by atoms with Crippen molar-refractivity contribution in [1.82, 2.24) is 30.1 Å². The second kappa shape index (κ2) is 25.3. The number of rotatable bonds is 8. The van der Waals surface area contributed by atoms with Crippen molar-refractivity contribution in [3.8, 4) is 0 Å². The molecule has 3 saturated heterocycles. The van der Waals surface area contributed by atoms with Crippen molar-refractivity contribution in [1.29, 1.82) is 0 Å². The Hall–Kier alpha value is -3.21. The topological polar surface area (TPSA) is 181 Å². The van der Waals surface area contributed by atoms with Gasteiger partial charge in [0.2, 0.25) is 0 Å². The van der Waals surface area contributed by atoms with E-state index < -0.39 is 34.6 Å². The van der Waals surface area contributed by atoms with Crippen molar-refractivity contribution < 1.29 is 38.1 Å². The largest absolute Gasteiger partial charge is 0.444 e. The van der Waals surface area contributed by atoms with Gasteiger partial charge in [-0.05, 0) is 182 Å². The summed E-state index contributed by atoms with van der Waals surface area (Å²) < 4.78 is 22.8. The summed E-state index contributed by atoms with van der Waals surface area (Å²) in [5, 5.41) is 8.94. The Labute approximate surface area is 465 Å². The molecule has 3 aromatic rings. The Morgan fingerprint density at radius 1 is 0.589 bits per heavy atom. The molecule has 4 amide bonds. The zero-order valence-electron chi connectivity index (χ0n) is 45.4. The molecule has 0 aromatic carbocycles. The lowest BCUT2D eigenvalue weighted by molar-refractivity contribution is 0.0211. The summed E-state index contributed by atoms with van der Waals surface area (Å²) >= 11 is 8.28. The van der Waals surface area contributed by atoms with E-state index in [0.29, 0.717) is 35.3 Å². The number of anilines is 3. The van der Waals surface area contributed by atoms with Crippen LogP contribution in [0.15, 0.2) is 3.79 Å². The number of carbonyl (C=O) groups is 4. The number of nitrogens with one attached hydrogen (secondary N) is 2. The zero-order valence-corrected chi connectivity index (χ0v) is 51.1. The van der Waals surface area contributed by atoms with E-state index in [1.807, 2.05) is 101 Å². The van der Waals surface area contributed by atoms with Crippen molar-refractivity contribution in [3.05, 3.63) is 30.6 Å². The predicted molar refractivity (Wildman–Crippen MR) is 301 cm³/mol. The standard InChI is InChI=1S/C21H33N3O4S.C18H28BrN3O4S.C11H17N3S.2ClH/c1-20(2,3)27-18(25)23(7)17-22-15(16(29-17)13-10-11-13)14-9-8-12-24(14)19(26)28-21(4,5)6;1-17(2,3)25-15(23)21(7)14-20-12(13(19)27-14)11-9-8-10-22(11)16(24)26-18(4,5)6;1-12-11-14-9(8-3-2-6-13-8)10(15-11)7-4-5-7;;/h13-14H,8-12H2,1-7H3;11H,8-10H2,1-7H3;7-8,13H,2-6H2,1H3,(H,12,14);2*1H/t14-;11-;8-;;/m111../s1. The summed E-state index contributed by atoms with van der Waals surface area (Å²) in [6.07, 6.45) is 9.48. The maximum absolute atomic E-state index is 12.7. The van der Waals surface area contributed by atoms with Gasteiger partial charge < -0.3 is 29.6 Å². The van der Waals surface area contributed by atoms with Gasteiger partial charge in [0.1, 0.15) is 22.4 Å². The van der Waals surface area contributed by atoms with Crippen molar-refractivity contribution in [2.24, 2.45) is 0 Å². The minimum Gasteiger partial charge on any atom is -0.444 e. The summed E-state index contributed by atoms with van der Waals surface area (Å²) in [7, 11) is 5.28. The number of aromatic nitrogens is 3. The molecule has 6 heterocycles. The smallest absolute Gasteiger partial charge is 0.416 e. The number of nitrogens with zero attached hydrogens (tertiary/aromatic N) is 7. The molecule has 2 saturated carbocycles. The van der Waals surface area contributed by atoms with Crippen LogP contribution in [-0.4, -0.2) is 112 Å². The number of carbonyl (C=O) groups excluding carboxylic acids is 4. The van der Waals surface area contributed by atoms with Crippen LogP contribution in [0.3, 0.4) is 0 Å². The van der Waals surface area contributed by atoms with E-state index in [0.717, 1.165) is 71.3 Å². The van der Waals surface area contributed by atoms with Gasteiger partial charge in [0.25, 0.3) is 0 Å². The Morgan fingerprint density at radius 3 is 1.42 bits per heavy atom. The molecule has 0 unspecified atom stereocenters. The molecule has 17 nitrogen and oxygen atoms in total. The Kier molecular flexibility index (Phi) is 21.6. The minimum atomic E-state index is -0.582. The molecule has 0 spiro atoms. The number of likely N-dealkylation sites (tertiary alicyclic amines) is 2. The van der Waals surface area contributed by atoms with Gasteiger partial charge in [-0.15, -0.1) is 47.5 Å². The van der Waals surface area contributed by atoms with Crippen LogP contribution in [0.1, 0.15) is 204 Å². The fraction of sp³-hybridized carbons (Fsp3) is 0.740. The number of halogens is 3. The fourth-order valence-corrected chi connectivity index (χ4v) is 12.2. The van der Waals surface area contributed by atoms with Gasteiger partial charge in [-0.25, -0.2) is 34.1 Å². The molecule has 3 aromatic heterocycles. The third-order valence-electron chi connectivity index (χ3n) is 11.8. The van der Waals surface area contributed by atoms with Crippen LogP contribution in [-0.2, 0) is 18.9 Å². The number of ether oxygens (including phenoxy) is 4. The van der Waals surface area contributed by atoms with Crippen LogP contribution in [0.2, 0.25) is 0 Å². The molecule has 0 radical (unpaired) electrons. The van der Waals surface area contributed by atoms with Gasteiger partial charge in [0.05, 0.1) is 39.0 Å². The van der Waals surface area contributed by atoms with E-state index >= 15 is 0 Å². The number of hydrogen-bond donors (Lipinski definition) is 2. The van der Waals surface area contributed by atoms with Crippen molar-refractivity contribution in [2.45, 2.75) is 200 Å². The van der Waals surface area contributed by atoms with E-state index in [1.165, 1.54) is 57.4 Å². The summed E-state index contributed by atoms with van der Waals surface area (Å²) in [6.45, 7) is 24.6. The quantitative estimate of drug-likeness (QED) is 0.204. The van der Waals surface area contributed by atoms with Gasteiger partial charge in [0.15, 0.2) is 15.4 Å². The SMILES string of the molecule is CN(C(=O)OC(C)(C)C)c1nc([C@H]2CCCN2C(=O)OC(C)(C)C)c(Br)s1.CN(C(=O)OC(C)(C)C)c1nc([C@H]2CCCN2C(=O)OC(C)(C)C)c(C2CC2)s1.CNc1nc([C@H]2CCCN2)c(C2CC2)s1.Cl.Cl. The first-order valence-corrected chi connectivity index (χ1v) is 28.3. The molecule has 0 bridgehead atoms. The minimum absolute atomic E-state index is 0. The summed E-state index contributed by atoms with van der Waals surface area (Å²) in [5.74, 6) is 1.30. The van der Waals surface area contributed by atoms with Crippen molar-refractivity contribution >= 4 is 115 Å². The number of hydrogen-bond acceptors (Lipinski definition) is 16. The number of amides is 4. The number of thiazole rings is 3. The highest BCUT2D eigenvalue weighted by Crippen LogP contribution is 2.50. The highest BCUT2D eigenvalue weighted by Gasteiger charge is 2.41. The molecule has 412 valence electrons. The third-order valence-corrected chi connectivity index (χ3v) is 16.1. The van der Waals surface area contributed by atoms with Crippen LogP contribution in [0.25, 0.3) is 0 Å². The van der Waals surface area contributed by atoms with Crippen LogP contribution < -0.4 is 20.4 Å². The maximum atomic E-state index is 12.7. The maximum Gasteiger partial charge on any atom is 0.416 e. The monoisotopic (exact) mass is 1180 g/mol. The molecule has 73 heavy (non-hydrogen) atoms. The lowest BCUT2D eigenvalue weighted by Crippen LogP contribution is -2.37. The van der Waals surface area contributed by atoms with Gasteiger partial charge in [0, 0.05) is 44.0 Å². The van der Waals surface area contributed by atoms with Crippen LogP contribution in [0, 0.1) is 0 Å².